The zero-order chi connectivity index (χ0) is 28.2. The first-order chi connectivity index (χ1) is 17.7. The highest BCUT2D eigenvalue weighted by atomic mass is 16.1. The van der Waals surface area contributed by atoms with Gasteiger partial charge in [-0.1, -0.05) is 50.6 Å². The average Bonchev–Trinajstić information content (AvgIpc) is 2.92. The molecule has 5 heteroatoms. The molecule has 0 radical (unpaired) electrons. The summed E-state index contributed by atoms with van der Waals surface area (Å²) in [6, 6.07) is 6.71. The topological polar surface area (TPSA) is 61.4 Å². The van der Waals surface area contributed by atoms with Gasteiger partial charge in [-0.15, -0.1) is 12.8 Å². The van der Waals surface area contributed by atoms with Crippen molar-refractivity contribution in [2.75, 3.05) is 38.5 Å². The fourth-order valence-corrected chi connectivity index (χ4v) is 4.05. The van der Waals surface area contributed by atoms with E-state index in [9.17, 15) is 9.59 Å². The molecule has 1 saturated heterocycles. The molecule has 2 N–H and O–H groups in total. The summed E-state index contributed by atoms with van der Waals surface area (Å²) in [7, 11) is 1.98. The lowest BCUT2D eigenvalue weighted by molar-refractivity contribution is -0.124. The molecule has 1 aliphatic rings. The van der Waals surface area contributed by atoms with Gasteiger partial charge in [-0.25, -0.2) is 0 Å². The van der Waals surface area contributed by atoms with Crippen LogP contribution in [0, 0.1) is 31.6 Å². The van der Waals surface area contributed by atoms with Gasteiger partial charge in [0.15, 0.2) is 0 Å². The second-order valence-electron chi connectivity index (χ2n) is 10.0. The summed E-state index contributed by atoms with van der Waals surface area (Å²) >= 11 is 0. The van der Waals surface area contributed by atoms with Crippen LogP contribution in [0.15, 0.2) is 42.0 Å². The van der Waals surface area contributed by atoms with E-state index < -0.39 is 0 Å². The highest BCUT2D eigenvalue weighted by molar-refractivity contribution is 5.78. The molecule has 0 unspecified atom stereocenters. The number of carbonyl (C=O) groups excluding carboxylic acids is 2. The number of benzene rings is 1. The molecule has 1 fully saturated rings. The number of rotatable bonds is 11. The van der Waals surface area contributed by atoms with E-state index in [0.29, 0.717) is 5.92 Å². The summed E-state index contributed by atoms with van der Waals surface area (Å²) in [6.45, 7) is 16.2. The van der Waals surface area contributed by atoms with E-state index in [2.05, 4.69) is 78.7 Å². The van der Waals surface area contributed by atoms with E-state index in [0.717, 1.165) is 45.3 Å². The van der Waals surface area contributed by atoms with Gasteiger partial charge in [0, 0.05) is 31.1 Å². The Morgan fingerprint density at radius 2 is 1.81 bits per heavy atom. The summed E-state index contributed by atoms with van der Waals surface area (Å²) in [5.41, 5.74) is 5.34. The van der Waals surface area contributed by atoms with E-state index in [1.165, 1.54) is 35.2 Å². The van der Waals surface area contributed by atoms with Crippen molar-refractivity contribution in [3.05, 3.63) is 53.1 Å². The Kier molecular flexibility index (Phi) is 18.7. The smallest absolute Gasteiger partial charge is 0.223 e. The van der Waals surface area contributed by atoms with Crippen molar-refractivity contribution in [3.8, 4) is 12.8 Å². The third-order valence-corrected chi connectivity index (χ3v) is 6.59. The second-order valence-corrected chi connectivity index (χ2v) is 10.0. The van der Waals surface area contributed by atoms with E-state index >= 15 is 0 Å². The van der Waals surface area contributed by atoms with Crippen LogP contribution in [0.4, 0.5) is 5.69 Å². The van der Waals surface area contributed by atoms with Gasteiger partial charge in [-0.2, -0.15) is 0 Å². The van der Waals surface area contributed by atoms with Gasteiger partial charge in [-0.05, 0) is 95.3 Å². The third kappa shape index (κ3) is 14.5. The SMILES string of the molecule is C#C.C/C=C(C)\C=C/C[C@@H](C)C(=O)NCCCN1CCC(c2cc(NC)ccc2C)CC1.CC(C)C=O. The molecule has 1 aromatic carbocycles. The van der Waals surface area contributed by atoms with Gasteiger partial charge in [0.25, 0.3) is 0 Å². The molecule has 1 atom stereocenters. The summed E-state index contributed by atoms with van der Waals surface area (Å²) < 4.78 is 0. The van der Waals surface area contributed by atoms with Crippen LogP contribution in [0.2, 0.25) is 0 Å². The number of likely N-dealkylation sites (tertiary alicyclic amines) is 1. The highest BCUT2D eigenvalue weighted by Crippen LogP contribution is 2.31. The molecule has 0 bridgehead atoms. The Hall–Kier alpha value is -2.84. The van der Waals surface area contributed by atoms with E-state index in [1.807, 2.05) is 34.7 Å². The molecule has 0 spiro atoms. The Morgan fingerprint density at radius 1 is 1.19 bits per heavy atom. The number of terminal acetylenes is 1. The number of amides is 1. The van der Waals surface area contributed by atoms with Crippen molar-refractivity contribution in [2.24, 2.45) is 11.8 Å². The minimum atomic E-state index is 0.0262. The molecule has 37 heavy (non-hydrogen) atoms. The first kappa shape index (κ1) is 34.2. The van der Waals surface area contributed by atoms with Crippen molar-refractivity contribution < 1.29 is 9.59 Å². The van der Waals surface area contributed by atoms with Gasteiger partial charge in [0.1, 0.15) is 6.29 Å². The molecule has 0 aliphatic carbocycles. The number of nitrogens with zero attached hydrogens (tertiary/aromatic N) is 1. The van der Waals surface area contributed by atoms with Crippen LogP contribution in [0.1, 0.15) is 77.3 Å². The number of carbonyl (C=O) groups is 2. The van der Waals surface area contributed by atoms with Gasteiger partial charge >= 0.3 is 0 Å². The minimum absolute atomic E-state index is 0.0262. The predicted molar refractivity (Wildman–Crippen MR) is 160 cm³/mol. The van der Waals surface area contributed by atoms with Crippen LogP contribution < -0.4 is 10.6 Å². The Labute approximate surface area is 227 Å². The van der Waals surface area contributed by atoms with Crippen molar-refractivity contribution >= 4 is 17.9 Å². The maximum atomic E-state index is 12.2. The third-order valence-electron chi connectivity index (χ3n) is 6.59. The number of nitrogens with one attached hydrogen (secondary N) is 2. The maximum absolute atomic E-state index is 12.2. The predicted octanol–water partition coefficient (Wildman–Crippen LogP) is 6.36. The van der Waals surface area contributed by atoms with Crippen LogP contribution in [0.25, 0.3) is 0 Å². The number of hydrogen-bond donors (Lipinski definition) is 2. The first-order valence-electron chi connectivity index (χ1n) is 13.6. The van der Waals surface area contributed by atoms with Crippen LogP contribution in [-0.2, 0) is 9.59 Å². The van der Waals surface area contributed by atoms with E-state index in [-0.39, 0.29) is 17.7 Å². The van der Waals surface area contributed by atoms with Gasteiger partial charge in [0.05, 0.1) is 0 Å². The number of piperidine rings is 1. The Bertz CT molecular complexity index is 862. The monoisotopic (exact) mass is 509 g/mol. The molecule has 1 amide bonds. The summed E-state index contributed by atoms with van der Waals surface area (Å²) in [6.07, 6.45) is 19.4. The second kappa shape index (κ2) is 20.2. The lowest BCUT2D eigenvalue weighted by Gasteiger charge is -2.33. The molecule has 1 aromatic rings. The van der Waals surface area contributed by atoms with Crippen LogP contribution in [0.3, 0.4) is 0 Å². The lowest BCUT2D eigenvalue weighted by Crippen LogP contribution is -2.36. The quantitative estimate of drug-likeness (QED) is 0.158. The summed E-state index contributed by atoms with van der Waals surface area (Å²) in [5, 5.41) is 6.37. The first-order valence-corrected chi connectivity index (χ1v) is 13.6. The van der Waals surface area contributed by atoms with Crippen molar-refractivity contribution in [1.82, 2.24) is 10.2 Å². The molecule has 0 saturated carbocycles. The van der Waals surface area contributed by atoms with Crippen LogP contribution in [-0.4, -0.2) is 50.3 Å². The normalized spacial score (nSPS) is 15.2. The standard InChI is InChI=1S/C26H41N3O.C4H8O.C2H2/c1-6-20(2)9-7-10-22(4)26(30)28-15-8-16-29-17-13-23(14-18-29)25-19-24(27-5)12-11-21(25)3;1-4(2)3-5;1-2/h6-7,9,11-12,19,22-23,27H,8,10,13-18H2,1-5H3,(H,28,30);3-4H,1-2H3;1-2H/b9-7-,20-6-;;/t22-;;/m1../s1. The highest BCUT2D eigenvalue weighted by Gasteiger charge is 2.22. The number of aldehydes is 1. The molecule has 5 nitrogen and oxygen atoms in total. The molecule has 1 aliphatic heterocycles. The molecular weight excluding hydrogens is 458 g/mol. The number of hydrogen-bond acceptors (Lipinski definition) is 4. The maximum Gasteiger partial charge on any atom is 0.223 e. The molecular formula is C32H51N3O2. The average molecular weight is 510 g/mol. The summed E-state index contributed by atoms with van der Waals surface area (Å²) in [4.78, 5) is 24.3. The van der Waals surface area contributed by atoms with Crippen molar-refractivity contribution in [1.29, 1.82) is 0 Å². The van der Waals surface area contributed by atoms with Gasteiger partial charge < -0.3 is 20.3 Å². The van der Waals surface area contributed by atoms with Crippen LogP contribution >= 0.6 is 0 Å². The Morgan fingerprint density at radius 3 is 2.35 bits per heavy atom. The number of allylic oxidation sites excluding steroid dienone is 4. The van der Waals surface area contributed by atoms with Crippen molar-refractivity contribution in [2.45, 2.75) is 73.1 Å². The molecule has 0 aromatic heterocycles. The minimum Gasteiger partial charge on any atom is -0.388 e. The summed E-state index contributed by atoms with van der Waals surface area (Å²) in [5.74, 6) is 1.05. The number of aryl methyl sites for hydroxylation is 1. The van der Waals surface area contributed by atoms with Crippen molar-refractivity contribution in [3.63, 3.8) is 0 Å². The fourth-order valence-electron chi connectivity index (χ4n) is 4.05. The van der Waals surface area contributed by atoms with E-state index in [4.69, 9.17) is 0 Å². The number of anilines is 1. The Balaban J connectivity index is 0.00000165. The zero-order valence-electron chi connectivity index (χ0n) is 24.3. The lowest BCUT2D eigenvalue weighted by atomic mass is 9.86. The van der Waals surface area contributed by atoms with Gasteiger partial charge in [-0.3, -0.25) is 4.79 Å². The van der Waals surface area contributed by atoms with Gasteiger partial charge in [0.2, 0.25) is 5.91 Å². The molecule has 1 heterocycles. The zero-order valence-corrected chi connectivity index (χ0v) is 24.3. The largest absolute Gasteiger partial charge is 0.388 e. The van der Waals surface area contributed by atoms with Crippen LogP contribution in [0.5, 0.6) is 0 Å². The molecule has 2 rings (SSSR count). The van der Waals surface area contributed by atoms with E-state index in [1.54, 1.807) is 0 Å². The molecule has 206 valence electrons. The fraction of sp³-hybridized carbons (Fsp3) is 0.562.